The predicted molar refractivity (Wildman–Crippen MR) is 115 cm³/mol. The first-order valence-electron chi connectivity index (χ1n) is 9.71. The lowest BCUT2D eigenvalue weighted by Gasteiger charge is -2.22. The second-order valence-electron chi connectivity index (χ2n) is 6.98. The van der Waals surface area contributed by atoms with E-state index in [1.807, 2.05) is 12.1 Å². The Morgan fingerprint density at radius 3 is 2.53 bits per heavy atom. The molecule has 1 N–H and O–H groups in total. The van der Waals surface area contributed by atoms with Crippen LogP contribution in [0.3, 0.4) is 0 Å². The highest BCUT2D eigenvalue weighted by atomic mass is 35.5. The van der Waals surface area contributed by atoms with E-state index in [2.05, 4.69) is 15.2 Å². The monoisotopic (exact) mass is 424 g/mol. The molecule has 0 bridgehead atoms. The van der Waals surface area contributed by atoms with Crippen molar-refractivity contribution in [3.8, 4) is 0 Å². The Bertz CT molecular complexity index is 1000. The van der Waals surface area contributed by atoms with Crippen LogP contribution in [0, 0.1) is 0 Å². The van der Waals surface area contributed by atoms with Gasteiger partial charge in [0.15, 0.2) is 5.76 Å². The molecule has 0 radical (unpaired) electrons. The van der Waals surface area contributed by atoms with E-state index in [4.69, 9.17) is 16.0 Å². The van der Waals surface area contributed by atoms with E-state index in [9.17, 15) is 9.59 Å². The minimum absolute atomic E-state index is 0.0879. The van der Waals surface area contributed by atoms with Crippen LogP contribution in [-0.2, 0) is 0 Å². The quantitative estimate of drug-likeness (QED) is 0.686. The van der Waals surface area contributed by atoms with E-state index < -0.39 is 0 Å². The fourth-order valence-electron chi connectivity index (χ4n) is 3.36. The standard InChI is InChI=1S/C22H21ClN4O3/c23-17-6-4-16(5-7-17)21(28)25-18-8-9-20(24-15-18)26-10-2-11-27(13-12-26)22(29)19-3-1-14-30-19/h1,3-9,14-15H,2,10-13H2,(H,25,28). The number of pyridine rings is 1. The van der Waals surface area contributed by atoms with Crippen molar-refractivity contribution in [3.05, 3.63) is 77.3 Å². The minimum Gasteiger partial charge on any atom is -0.459 e. The summed E-state index contributed by atoms with van der Waals surface area (Å²) in [5.41, 5.74) is 1.14. The smallest absolute Gasteiger partial charge is 0.289 e. The number of aromatic nitrogens is 1. The van der Waals surface area contributed by atoms with Gasteiger partial charge in [0.1, 0.15) is 5.82 Å². The predicted octanol–water partition coefficient (Wildman–Crippen LogP) is 3.93. The highest BCUT2D eigenvalue weighted by Crippen LogP contribution is 2.18. The van der Waals surface area contributed by atoms with E-state index >= 15 is 0 Å². The van der Waals surface area contributed by atoms with Crippen LogP contribution < -0.4 is 10.2 Å². The highest BCUT2D eigenvalue weighted by molar-refractivity contribution is 6.30. The molecule has 1 aliphatic heterocycles. The summed E-state index contributed by atoms with van der Waals surface area (Å²) in [6.45, 7) is 2.74. The lowest BCUT2D eigenvalue weighted by molar-refractivity contribution is 0.0735. The number of carbonyl (C=O) groups is 2. The molecule has 3 heterocycles. The Kier molecular flexibility index (Phi) is 5.99. The third kappa shape index (κ3) is 4.63. The maximum absolute atomic E-state index is 12.5. The number of nitrogens with one attached hydrogen (secondary N) is 1. The Morgan fingerprint density at radius 1 is 1.00 bits per heavy atom. The van der Waals surface area contributed by atoms with Gasteiger partial charge >= 0.3 is 0 Å². The molecular weight excluding hydrogens is 404 g/mol. The maximum atomic E-state index is 12.5. The van der Waals surface area contributed by atoms with Gasteiger partial charge in [-0.1, -0.05) is 11.6 Å². The number of benzene rings is 1. The Balaban J connectivity index is 1.36. The molecule has 4 rings (SSSR count). The number of rotatable bonds is 4. The van der Waals surface area contributed by atoms with Gasteiger partial charge in [0, 0.05) is 36.8 Å². The molecule has 0 saturated carbocycles. The van der Waals surface area contributed by atoms with Crippen LogP contribution in [0.4, 0.5) is 11.5 Å². The molecule has 8 heteroatoms. The van der Waals surface area contributed by atoms with Crippen LogP contribution in [0.15, 0.2) is 65.4 Å². The van der Waals surface area contributed by atoms with Crippen molar-refractivity contribution in [1.82, 2.24) is 9.88 Å². The molecule has 2 aromatic heterocycles. The summed E-state index contributed by atoms with van der Waals surface area (Å²) in [5, 5.41) is 3.41. The van der Waals surface area contributed by atoms with E-state index in [-0.39, 0.29) is 11.8 Å². The normalized spacial score (nSPS) is 14.3. The topological polar surface area (TPSA) is 78.7 Å². The molecule has 3 aromatic rings. The number of halogens is 1. The van der Waals surface area contributed by atoms with Gasteiger partial charge < -0.3 is 19.5 Å². The van der Waals surface area contributed by atoms with Gasteiger partial charge in [0.2, 0.25) is 0 Å². The molecule has 7 nitrogen and oxygen atoms in total. The number of nitrogens with zero attached hydrogens (tertiary/aromatic N) is 3. The maximum Gasteiger partial charge on any atom is 0.289 e. The summed E-state index contributed by atoms with van der Waals surface area (Å²) in [7, 11) is 0. The first-order chi connectivity index (χ1) is 14.6. The summed E-state index contributed by atoms with van der Waals surface area (Å²) < 4.78 is 5.23. The lowest BCUT2D eigenvalue weighted by atomic mass is 10.2. The zero-order chi connectivity index (χ0) is 20.9. The van der Waals surface area contributed by atoms with Crippen molar-refractivity contribution in [3.63, 3.8) is 0 Å². The molecule has 1 aliphatic rings. The summed E-state index contributed by atoms with van der Waals surface area (Å²) in [4.78, 5) is 33.2. The number of hydrogen-bond donors (Lipinski definition) is 1. The average molecular weight is 425 g/mol. The van der Waals surface area contributed by atoms with E-state index in [0.29, 0.717) is 41.7 Å². The number of hydrogen-bond acceptors (Lipinski definition) is 5. The van der Waals surface area contributed by atoms with Gasteiger partial charge in [-0.3, -0.25) is 9.59 Å². The average Bonchev–Trinajstić information content (AvgIpc) is 3.19. The number of carbonyl (C=O) groups excluding carboxylic acids is 2. The Morgan fingerprint density at radius 2 is 1.83 bits per heavy atom. The van der Waals surface area contributed by atoms with Crippen LogP contribution in [-0.4, -0.2) is 47.9 Å². The molecule has 30 heavy (non-hydrogen) atoms. The highest BCUT2D eigenvalue weighted by Gasteiger charge is 2.22. The van der Waals surface area contributed by atoms with E-state index in [1.54, 1.807) is 47.5 Å². The number of furan rings is 1. The van der Waals surface area contributed by atoms with Crippen molar-refractivity contribution >= 4 is 34.9 Å². The molecule has 0 aliphatic carbocycles. The van der Waals surface area contributed by atoms with Gasteiger partial charge in [-0.15, -0.1) is 0 Å². The van der Waals surface area contributed by atoms with Gasteiger partial charge in [-0.05, 0) is 55.0 Å². The Labute approximate surface area is 179 Å². The molecule has 0 atom stereocenters. The minimum atomic E-state index is -0.219. The summed E-state index contributed by atoms with van der Waals surface area (Å²) in [6.07, 6.45) is 3.98. The molecule has 1 aromatic carbocycles. The van der Waals surface area contributed by atoms with Crippen molar-refractivity contribution in [1.29, 1.82) is 0 Å². The summed E-state index contributed by atoms with van der Waals surface area (Å²) in [5.74, 6) is 0.868. The molecule has 0 unspecified atom stereocenters. The molecular formula is C22H21ClN4O3. The summed E-state index contributed by atoms with van der Waals surface area (Å²) in [6, 6.07) is 13.8. The van der Waals surface area contributed by atoms with Gasteiger partial charge in [-0.25, -0.2) is 4.98 Å². The SMILES string of the molecule is O=C(Nc1ccc(N2CCCN(C(=O)c3ccco3)CC2)nc1)c1ccc(Cl)cc1. The molecule has 1 fully saturated rings. The largest absolute Gasteiger partial charge is 0.459 e. The Hall–Kier alpha value is -3.32. The van der Waals surface area contributed by atoms with E-state index in [0.717, 1.165) is 18.8 Å². The van der Waals surface area contributed by atoms with Crippen LogP contribution in [0.2, 0.25) is 5.02 Å². The molecule has 1 saturated heterocycles. The zero-order valence-corrected chi connectivity index (χ0v) is 17.0. The van der Waals surface area contributed by atoms with Gasteiger partial charge in [-0.2, -0.15) is 0 Å². The fourth-order valence-corrected chi connectivity index (χ4v) is 3.48. The lowest BCUT2D eigenvalue weighted by Crippen LogP contribution is -2.35. The van der Waals surface area contributed by atoms with Crippen molar-refractivity contribution in [2.24, 2.45) is 0 Å². The van der Waals surface area contributed by atoms with E-state index in [1.165, 1.54) is 6.26 Å². The van der Waals surface area contributed by atoms with Gasteiger partial charge in [0.25, 0.3) is 11.8 Å². The molecule has 0 spiro atoms. The molecule has 154 valence electrons. The third-order valence-electron chi connectivity index (χ3n) is 4.95. The fraction of sp³-hybridized carbons (Fsp3) is 0.227. The summed E-state index contributed by atoms with van der Waals surface area (Å²) >= 11 is 5.86. The number of anilines is 2. The van der Waals surface area contributed by atoms with Crippen molar-refractivity contribution in [2.45, 2.75) is 6.42 Å². The zero-order valence-electron chi connectivity index (χ0n) is 16.3. The first kappa shape index (κ1) is 20.0. The first-order valence-corrected chi connectivity index (χ1v) is 10.1. The van der Waals surface area contributed by atoms with Gasteiger partial charge in [0.05, 0.1) is 18.1 Å². The number of amides is 2. The third-order valence-corrected chi connectivity index (χ3v) is 5.20. The second-order valence-corrected chi connectivity index (χ2v) is 7.41. The second kappa shape index (κ2) is 9.00. The van der Waals surface area contributed by atoms with Crippen molar-refractivity contribution < 1.29 is 14.0 Å². The van der Waals surface area contributed by atoms with Crippen LogP contribution in [0.1, 0.15) is 27.3 Å². The van der Waals surface area contributed by atoms with Crippen molar-refractivity contribution in [2.75, 3.05) is 36.4 Å². The van der Waals surface area contributed by atoms with Crippen LogP contribution in [0.25, 0.3) is 0 Å². The van der Waals surface area contributed by atoms with Crippen LogP contribution >= 0.6 is 11.6 Å². The molecule has 2 amide bonds. The van der Waals surface area contributed by atoms with Crippen LogP contribution in [0.5, 0.6) is 0 Å².